The van der Waals surface area contributed by atoms with Crippen molar-refractivity contribution in [3.63, 3.8) is 0 Å². The van der Waals surface area contributed by atoms with E-state index in [2.05, 4.69) is 22.8 Å². The van der Waals surface area contributed by atoms with Crippen LogP contribution in [0.3, 0.4) is 0 Å². The van der Waals surface area contributed by atoms with Crippen molar-refractivity contribution in [1.82, 2.24) is 10.6 Å². The Kier molecular flexibility index (Phi) is 6.64. The van der Waals surface area contributed by atoms with Crippen molar-refractivity contribution >= 4 is 18.0 Å². The number of nitrogens with one attached hydrogen (secondary N) is 2. The Bertz CT molecular complexity index is 1040. The SMILES string of the molecule is CC(C)(C)[C@H](NC(=O)C(NC(=O)OCC1c2ccccc2-c2ccccc21)C1CCC1)C(=O)O. The molecule has 2 aliphatic carbocycles. The van der Waals surface area contributed by atoms with Gasteiger partial charge in [0.25, 0.3) is 0 Å². The number of benzene rings is 2. The van der Waals surface area contributed by atoms with Crippen molar-refractivity contribution in [3.05, 3.63) is 59.7 Å². The molecule has 7 nitrogen and oxygen atoms in total. The van der Waals surface area contributed by atoms with E-state index in [1.807, 2.05) is 36.4 Å². The third kappa shape index (κ3) is 4.79. The molecule has 3 N–H and O–H groups in total. The Labute approximate surface area is 199 Å². The van der Waals surface area contributed by atoms with E-state index >= 15 is 0 Å². The van der Waals surface area contributed by atoms with Gasteiger partial charge in [0.05, 0.1) is 0 Å². The van der Waals surface area contributed by atoms with E-state index in [4.69, 9.17) is 4.74 Å². The lowest BCUT2D eigenvalue weighted by molar-refractivity contribution is -0.145. The Morgan fingerprint density at radius 3 is 2.00 bits per heavy atom. The van der Waals surface area contributed by atoms with E-state index in [0.29, 0.717) is 0 Å². The molecule has 4 rings (SSSR count). The summed E-state index contributed by atoms with van der Waals surface area (Å²) in [5, 5.41) is 14.9. The van der Waals surface area contributed by atoms with E-state index < -0.39 is 35.5 Å². The normalized spacial score (nSPS) is 17.0. The summed E-state index contributed by atoms with van der Waals surface area (Å²) in [5.74, 6) is -1.70. The zero-order chi connectivity index (χ0) is 24.5. The third-order valence-electron chi connectivity index (χ3n) is 6.92. The molecule has 1 saturated carbocycles. The minimum Gasteiger partial charge on any atom is -0.480 e. The molecule has 2 aromatic rings. The van der Waals surface area contributed by atoms with Crippen LogP contribution in [0.15, 0.2) is 48.5 Å². The van der Waals surface area contributed by atoms with Gasteiger partial charge in [0, 0.05) is 5.92 Å². The number of carbonyl (C=O) groups excluding carboxylic acids is 2. The number of carboxylic acids is 1. The molecule has 2 amide bonds. The monoisotopic (exact) mass is 464 g/mol. The number of fused-ring (bicyclic) bond motifs is 3. The summed E-state index contributed by atoms with van der Waals surface area (Å²) < 4.78 is 5.61. The first-order valence-electron chi connectivity index (χ1n) is 11.8. The number of hydrogen-bond donors (Lipinski definition) is 3. The minimum absolute atomic E-state index is 0.0325. The average molecular weight is 465 g/mol. The van der Waals surface area contributed by atoms with Crippen molar-refractivity contribution in [2.24, 2.45) is 11.3 Å². The quantitative estimate of drug-likeness (QED) is 0.566. The summed E-state index contributed by atoms with van der Waals surface area (Å²) in [4.78, 5) is 37.5. The van der Waals surface area contributed by atoms with Crippen molar-refractivity contribution in [2.75, 3.05) is 6.61 Å². The maximum absolute atomic E-state index is 13.0. The van der Waals surface area contributed by atoms with Crippen LogP contribution in [0, 0.1) is 11.3 Å². The van der Waals surface area contributed by atoms with Gasteiger partial charge in [-0.05, 0) is 46.4 Å². The highest BCUT2D eigenvalue weighted by molar-refractivity contribution is 5.90. The number of hydrogen-bond acceptors (Lipinski definition) is 4. The van der Waals surface area contributed by atoms with Gasteiger partial charge in [-0.1, -0.05) is 75.7 Å². The van der Waals surface area contributed by atoms with Gasteiger partial charge < -0.3 is 20.5 Å². The highest BCUT2D eigenvalue weighted by Crippen LogP contribution is 2.44. The Morgan fingerprint density at radius 1 is 0.971 bits per heavy atom. The van der Waals surface area contributed by atoms with E-state index in [1.54, 1.807) is 20.8 Å². The molecule has 7 heteroatoms. The molecule has 2 atom stereocenters. The molecule has 0 aliphatic heterocycles. The van der Waals surface area contributed by atoms with E-state index in [1.165, 1.54) is 0 Å². The number of ether oxygens (including phenoxy) is 1. The van der Waals surface area contributed by atoms with Crippen LogP contribution in [0.1, 0.15) is 57.1 Å². The first kappa shape index (κ1) is 23.8. The molecule has 0 aromatic heterocycles. The van der Waals surface area contributed by atoms with Gasteiger partial charge in [-0.15, -0.1) is 0 Å². The van der Waals surface area contributed by atoms with Gasteiger partial charge >= 0.3 is 12.1 Å². The molecule has 0 heterocycles. The average Bonchev–Trinajstić information content (AvgIpc) is 3.07. The topological polar surface area (TPSA) is 105 Å². The molecule has 2 aliphatic rings. The predicted octanol–water partition coefficient (Wildman–Crippen LogP) is 4.31. The Morgan fingerprint density at radius 2 is 1.53 bits per heavy atom. The summed E-state index contributed by atoms with van der Waals surface area (Å²) in [6, 6.07) is 14.3. The first-order chi connectivity index (χ1) is 16.2. The van der Waals surface area contributed by atoms with Gasteiger partial charge in [-0.25, -0.2) is 9.59 Å². The van der Waals surface area contributed by atoms with Crippen molar-refractivity contribution < 1.29 is 24.2 Å². The Hall–Kier alpha value is -3.35. The molecular formula is C27H32N2O5. The van der Waals surface area contributed by atoms with Gasteiger partial charge in [-0.3, -0.25) is 4.79 Å². The van der Waals surface area contributed by atoms with E-state index in [0.717, 1.165) is 41.5 Å². The second kappa shape index (κ2) is 9.49. The van der Waals surface area contributed by atoms with Gasteiger partial charge in [-0.2, -0.15) is 0 Å². The molecular weight excluding hydrogens is 432 g/mol. The summed E-state index contributed by atoms with van der Waals surface area (Å²) in [7, 11) is 0. The van der Waals surface area contributed by atoms with Crippen LogP contribution in [0.2, 0.25) is 0 Å². The molecule has 0 spiro atoms. The van der Waals surface area contributed by atoms with Crippen LogP contribution >= 0.6 is 0 Å². The lowest BCUT2D eigenvalue weighted by atomic mass is 9.79. The molecule has 34 heavy (non-hydrogen) atoms. The number of carbonyl (C=O) groups is 3. The summed E-state index contributed by atoms with van der Waals surface area (Å²) in [6.07, 6.45) is 1.91. The Balaban J connectivity index is 1.43. The van der Waals surface area contributed by atoms with Crippen molar-refractivity contribution in [1.29, 1.82) is 0 Å². The molecule has 2 aromatic carbocycles. The van der Waals surface area contributed by atoms with E-state index in [9.17, 15) is 19.5 Å². The van der Waals surface area contributed by atoms with Gasteiger partial charge in [0.1, 0.15) is 18.7 Å². The highest BCUT2D eigenvalue weighted by Gasteiger charge is 2.39. The largest absolute Gasteiger partial charge is 0.480 e. The molecule has 1 unspecified atom stereocenters. The second-order valence-corrected chi connectivity index (χ2v) is 10.3. The molecule has 0 saturated heterocycles. The van der Waals surface area contributed by atoms with E-state index in [-0.39, 0.29) is 18.4 Å². The smallest absolute Gasteiger partial charge is 0.407 e. The lowest BCUT2D eigenvalue weighted by Gasteiger charge is -2.35. The van der Waals surface area contributed by atoms with Crippen molar-refractivity contribution in [3.8, 4) is 11.1 Å². The maximum Gasteiger partial charge on any atom is 0.407 e. The van der Waals surface area contributed by atoms with Crippen LogP contribution < -0.4 is 10.6 Å². The fourth-order valence-corrected chi connectivity index (χ4v) is 4.82. The van der Waals surface area contributed by atoms with Crippen LogP contribution in [0.25, 0.3) is 11.1 Å². The number of alkyl carbamates (subject to hydrolysis) is 1. The van der Waals surface area contributed by atoms with Crippen LogP contribution in [-0.4, -0.2) is 41.8 Å². The standard InChI is InChI=1S/C27H32N2O5/c1-27(2,3)23(25(31)32)29-24(30)22(16-9-8-10-16)28-26(33)34-15-21-19-13-6-4-11-17(19)18-12-5-7-14-20(18)21/h4-7,11-14,16,21-23H,8-10,15H2,1-3H3,(H,28,33)(H,29,30)(H,31,32)/t22?,23-/m1/s1. The predicted molar refractivity (Wildman–Crippen MR) is 128 cm³/mol. The molecule has 180 valence electrons. The number of rotatable bonds is 7. The molecule has 1 fully saturated rings. The van der Waals surface area contributed by atoms with Crippen LogP contribution in [0.4, 0.5) is 4.79 Å². The van der Waals surface area contributed by atoms with Crippen LogP contribution in [0.5, 0.6) is 0 Å². The van der Waals surface area contributed by atoms with Gasteiger partial charge in [0.15, 0.2) is 0 Å². The molecule has 0 radical (unpaired) electrons. The summed E-state index contributed by atoms with van der Waals surface area (Å²) in [6.45, 7) is 5.41. The fourth-order valence-electron chi connectivity index (χ4n) is 4.82. The summed E-state index contributed by atoms with van der Waals surface area (Å²) in [5.41, 5.74) is 3.83. The maximum atomic E-state index is 13.0. The third-order valence-corrected chi connectivity index (χ3v) is 6.92. The minimum atomic E-state index is -1.10. The highest BCUT2D eigenvalue weighted by atomic mass is 16.5. The fraction of sp³-hybridized carbons (Fsp3) is 0.444. The zero-order valence-corrected chi connectivity index (χ0v) is 19.8. The molecule has 0 bridgehead atoms. The first-order valence-corrected chi connectivity index (χ1v) is 11.8. The van der Waals surface area contributed by atoms with Gasteiger partial charge in [0.2, 0.25) is 5.91 Å². The van der Waals surface area contributed by atoms with Crippen molar-refractivity contribution in [2.45, 2.75) is 58.0 Å². The zero-order valence-electron chi connectivity index (χ0n) is 19.8. The number of amides is 2. The number of aliphatic carboxylic acids is 1. The second-order valence-electron chi connectivity index (χ2n) is 10.3. The van der Waals surface area contributed by atoms with Crippen LogP contribution in [-0.2, 0) is 14.3 Å². The lowest BCUT2D eigenvalue weighted by Crippen LogP contribution is -2.58. The number of carboxylic acid groups (broad SMARTS) is 1. The summed E-state index contributed by atoms with van der Waals surface area (Å²) >= 11 is 0.